The second-order valence-electron chi connectivity index (χ2n) is 8.70. The largest absolute Gasteiger partial charge is 0.337 e. The number of rotatable bonds is 7. The van der Waals surface area contributed by atoms with Gasteiger partial charge in [0.25, 0.3) is 0 Å². The highest BCUT2D eigenvalue weighted by Gasteiger charge is 2.22. The van der Waals surface area contributed by atoms with Gasteiger partial charge in [-0.15, -0.1) is 0 Å². The van der Waals surface area contributed by atoms with Crippen LogP contribution in [-0.2, 0) is 13.0 Å². The molecule has 1 aromatic carbocycles. The fourth-order valence-electron chi connectivity index (χ4n) is 4.25. The number of carbonyl (C=O) groups is 1. The van der Waals surface area contributed by atoms with Gasteiger partial charge in [-0.3, -0.25) is 0 Å². The van der Waals surface area contributed by atoms with Crippen molar-refractivity contribution in [2.45, 2.75) is 25.8 Å². The van der Waals surface area contributed by atoms with Crippen LogP contribution in [0, 0.1) is 11.7 Å². The van der Waals surface area contributed by atoms with E-state index in [0.29, 0.717) is 19.0 Å². The van der Waals surface area contributed by atoms with Gasteiger partial charge in [-0.1, -0.05) is 12.1 Å². The van der Waals surface area contributed by atoms with Crippen LogP contribution in [0.1, 0.15) is 24.2 Å². The van der Waals surface area contributed by atoms with E-state index in [0.717, 1.165) is 61.4 Å². The van der Waals surface area contributed by atoms with Crippen LogP contribution < -0.4 is 5.32 Å². The first-order valence-electron chi connectivity index (χ1n) is 11.2. The number of aromatic nitrogens is 3. The molecule has 0 spiro atoms. The van der Waals surface area contributed by atoms with Crippen LogP contribution in [0.2, 0.25) is 0 Å². The Balaban J connectivity index is 1.38. The second-order valence-corrected chi connectivity index (χ2v) is 8.70. The third kappa shape index (κ3) is 5.43. The number of carbonyl (C=O) groups excluding carboxylic acids is 1. The molecule has 2 aromatic heterocycles. The van der Waals surface area contributed by atoms with Gasteiger partial charge in [0.1, 0.15) is 17.2 Å². The van der Waals surface area contributed by atoms with E-state index in [2.05, 4.69) is 19.8 Å². The Hall–Kier alpha value is -3.00. The summed E-state index contributed by atoms with van der Waals surface area (Å²) in [6, 6.07) is 10.5. The molecule has 0 atom stereocenters. The van der Waals surface area contributed by atoms with Crippen molar-refractivity contribution in [3.05, 3.63) is 59.8 Å². The summed E-state index contributed by atoms with van der Waals surface area (Å²) in [5.74, 6) is 1.38. The molecule has 1 fully saturated rings. The number of hydrogen-bond donors (Lipinski definition) is 1. The van der Waals surface area contributed by atoms with E-state index in [1.54, 1.807) is 25.2 Å². The Morgan fingerprint density at radius 3 is 2.66 bits per heavy atom. The lowest BCUT2D eigenvalue weighted by atomic mass is 9.93. The lowest BCUT2D eigenvalue weighted by Gasteiger charge is -2.32. The summed E-state index contributed by atoms with van der Waals surface area (Å²) in [4.78, 5) is 25.1. The topological polar surface area (TPSA) is 66.3 Å². The molecule has 0 aliphatic carbocycles. The van der Waals surface area contributed by atoms with Gasteiger partial charge in [0, 0.05) is 39.8 Å². The second kappa shape index (κ2) is 10.1. The summed E-state index contributed by atoms with van der Waals surface area (Å²) < 4.78 is 15.5. The van der Waals surface area contributed by atoms with Crippen molar-refractivity contribution < 1.29 is 9.18 Å². The summed E-state index contributed by atoms with van der Waals surface area (Å²) in [6.45, 7) is 4.23. The smallest absolute Gasteiger partial charge is 0.316 e. The normalized spacial score (nSPS) is 15.2. The Kier molecular flexibility index (Phi) is 6.99. The fourth-order valence-corrected chi connectivity index (χ4v) is 4.25. The average Bonchev–Trinajstić information content (AvgIpc) is 3.13. The molecule has 32 heavy (non-hydrogen) atoms. The Bertz CT molecular complexity index is 1040. The molecule has 7 nitrogen and oxygen atoms in total. The van der Waals surface area contributed by atoms with Crippen LogP contribution in [0.25, 0.3) is 11.2 Å². The third-order valence-corrected chi connectivity index (χ3v) is 6.13. The van der Waals surface area contributed by atoms with Crippen molar-refractivity contribution in [2.24, 2.45) is 5.92 Å². The molecule has 1 saturated heterocycles. The molecule has 3 aromatic rings. The lowest BCUT2D eigenvalue weighted by molar-refractivity contribution is 0.179. The monoisotopic (exact) mass is 438 g/mol. The van der Waals surface area contributed by atoms with E-state index in [1.807, 2.05) is 24.3 Å². The van der Waals surface area contributed by atoms with Crippen molar-refractivity contribution in [1.82, 2.24) is 29.7 Å². The van der Waals surface area contributed by atoms with E-state index in [4.69, 9.17) is 4.98 Å². The molecule has 1 N–H and O–H groups in total. The summed E-state index contributed by atoms with van der Waals surface area (Å²) in [5.41, 5.74) is 2.81. The highest BCUT2D eigenvalue weighted by Crippen LogP contribution is 2.24. The van der Waals surface area contributed by atoms with E-state index in [-0.39, 0.29) is 11.8 Å². The number of nitrogens with zero attached hydrogens (tertiary/aromatic N) is 5. The zero-order valence-corrected chi connectivity index (χ0v) is 18.8. The number of piperidine rings is 1. The van der Waals surface area contributed by atoms with Gasteiger partial charge >= 0.3 is 6.03 Å². The quantitative estimate of drug-likeness (QED) is 0.616. The molecule has 4 rings (SSSR count). The number of imidazole rings is 1. The van der Waals surface area contributed by atoms with Gasteiger partial charge in [0.15, 0.2) is 5.65 Å². The molecular weight excluding hydrogens is 407 g/mol. The third-order valence-electron chi connectivity index (χ3n) is 6.13. The maximum atomic E-state index is 13.3. The first-order valence-corrected chi connectivity index (χ1v) is 11.2. The number of fused-ring (bicyclic) bond motifs is 1. The minimum absolute atomic E-state index is 0.0476. The average molecular weight is 439 g/mol. The molecule has 0 unspecified atom stereocenters. The highest BCUT2D eigenvalue weighted by atomic mass is 19.1. The van der Waals surface area contributed by atoms with Crippen LogP contribution in [0.4, 0.5) is 9.18 Å². The maximum absolute atomic E-state index is 13.3. The zero-order valence-electron chi connectivity index (χ0n) is 18.8. The molecule has 0 radical (unpaired) electrons. The summed E-state index contributed by atoms with van der Waals surface area (Å²) in [6.07, 6.45) is 4.91. The standard InChI is InChI=1S/C24H31FN6O/c1-29(2)24(32)27-12-15-30-13-9-18(10-14-30)16-22-28-21-4-3-11-26-23(21)31(22)17-19-5-7-20(25)8-6-19/h3-8,11,18H,9-10,12-17H2,1-2H3,(H,27,32). The van der Waals surface area contributed by atoms with Crippen LogP contribution >= 0.6 is 0 Å². The van der Waals surface area contributed by atoms with Crippen LogP contribution in [0.15, 0.2) is 42.6 Å². The number of likely N-dealkylation sites (tertiary alicyclic amines) is 1. The van der Waals surface area contributed by atoms with Gasteiger partial charge in [-0.05, 0) is 61.7 Å². The Labute approximate surface area is 188 Å². The maximum Gasteiger partial charge on any atom is 0.316 e. The molecular formula is C24H31FN6O. The van der Waals surface area contributed by atoms with Gasteiger partial charge in [-0.25, -0.2) is 19.2 Å². The first kappa shape index (κ1) is 22.2. The number of halogens is 1. The molecule has 3 heterocycles. The minimum Gasteiger partial charge on any atom is -0.337 e. The molecule has 170 valence electrons. The number of urea groups is 1. The molecule has 0 bridgehead atoms. The number of amides is 2. The number of hydrogen-bond acceptors (Lipinski definition) is 4. The Morgan fingerprint density at radius 2 is 1.94 bits per heavy atom. The SMILES string of the molecule is CN(C)C(=O)NCCN1CCC(Cc2nc3cccnc3n2Cc2ccc(F)cc2)CC1. The van der Waals surface area contributed by atoms with Crippen molar-refractivity contribution >= 4 is 17.2 Å². The lowest BCUT2D eigenvalue weighted by Crippen LogP contribution is -2.42. The Morgan fingerprint density at radius 1 is 1.19 bits per heavy atom. The number of nitrogens with one attached hydrogen (secondary N) is 1. The number of benzene rings is 1. The van der Waals surface area contributed by atoms with Gasteiger partial charge in [0.2, 0.25) is 0 Å². The number of pyridine rings is 1. The van der Waals surface area contributed by atoms with Crippen LogP contribution in [0.3, 0.4) is 0 Å². The van der Waals surface area contributed by atoms with Crippen LogP contribution in [0.5, 0.6) is 0 Å². The molecule has 8 heteroatoms. The predicted octanol–water partition coefficient (Wildman–Crippen LogP) is 3.14. The first-order chi connectivity index (χ1) is 15.5. The summed E-state index contributed by atoms with van der Waals surface area (Å²) in [5, 5.41) is 2.93. The molecule has 1 aliphatic rings. The summed E-state index contributed by atoms with van der Waals surface area (Å²) >= 11 is 0. The minimum atomic E-state index is -0.226. The van der Waals surface area contributed by atoms with Gasteiger partial charge in [0.05, 0.1) is 6.54 Å². The fraction of sp³-hybridized carbons (Fsp3) is 0.458. The van der Waals surface area contributed by atoms with Crippen molar-refractivity contribution in [2.75, 3.05) is 40.3 Å². The van der Waals surface area contributed by atoms with E-state index in [1.165, 1.54) is 12.1 Å². The molecule has 0 saturated carbocycles. The van der Waals surface area contributed by atoms with Gasteiger partial charge < -0.3 is 19.7 Å². The van der Waals surface area contributed by atoms with E-state index < -0.39 is 0 Å². The highest BCUT2D eigenvalue weighted by molar-refractivity contribution is 5.73. The van der Waals surface area contributed by atoms with Crippen LogP contribution in [-0.4, -0.2) is 70.6 Å². The van der Waals surface area contributed by atoms with Crippen molar-refractivity contribution in [1.29, 1.82) is 0 Å². The van der Waals surface area contributed by atoms with Crippen molar-refractivity contribution in [3.63, 3.8) is 0 Å². The zero-order chi connectivity index (χ0) is 22.5. The van der Waals surface area contributed by atoms with Gasteiger partial charge in [-0.2, -0.15) is 0 Å². The van der Waals surface area contributed by atoms with Crippen molar-refractivity contribution in [3.8, 4) is 0 Å². The molecule has 1 aliphatic heterocycles. The van der Waals surface area contributed by atoms with E-state index in [9.17, 15) is 9.18 Å². The molecule has 2 amide bonds. The predicted molar refractivity (Wildman–Crippen MR) is 123 cm³/mol. The van der Waals surface area contributed by atoms with E-state index >= 15 is 0 Å². The summed E-state index contributed by atoms with van der Waals surface area (Å²) in [7, 11) is 3.50.